The highest BCUT2D eigenvalue weighted by Gasteiger charge is 2.13. The molecule has 3 aromatic rings. The molecule has 0 saturated carbocycles. The van der Waals surface area contributed by atoms with Crippen molar-refractivity contribution < 1.29 is 0 Å². The van der Waals surface area contributed by atoms with Crippen molar-refractivity contribution in [1.82, 2.24) is 9.55 Å². The van der Waals surface area contributed by atoms with Gasteiger partial charge >= 0.3 is 0 Å². The highest BCUT2D eigenvalue weighted by molar-refractivity contribution is 7.99. The zero-order valence-corrected chi connectivity index (χ0v) is 13.0. The average Bonchev–Trinajstić information content (AvgIpc) is 2.98. The van der Waals surface area contributed by atoms with Gasteiger partial charge in [-0.3, -0.25) is 4.57 Å². The van der Waals surface area contributed by atoms with Gasteiger partial charge in [-0.05, 0) is 19.1 Å². The predicted molar refractivity (Wildman–Crippen MR) is 90.1 cm³/mol. The van der Waals surface area contributed by atoms with Gasteiger partial charge in [0, 0.05) is 11.3 Å². The van der Waals surface area contributed by atoms with Gasteiger partial charge in [-0.25, -0.2) is 4.98 Å². The van der Waals surface area contributed by atoms with Crippen molar-refractivity contribution in [2.24, 2.45) is 0 Å². The number of aromatic nitrogens is 2. The van der Waals surface area contributed by atoms with Crippen LogP contribution in [0.15, 0.2) is 66.0 Å². The van der Waals surface area contributed by atoms with Gasteiger partial charge in [0.15, 0.2) is 5.16 Å². The lowest BCUT2D eigenvalue weighted by atomic mass is 10.1. The molecular weight excluding hydrogens is 290 g/mol. The summed E-state index contributed by atoms with van der Waals surface area (Å²) < 4.78 is 2.10. The van der Waals surface area contributed by atoms with E-state index < -0.39 is 0 Å². The van der Waals surface area contributed by atoms with Crippen LogP contribution in [-0.4, -0.2) is 15.3 Å². The first-order chi connectivity index (χ1) is 10.8. The van der Waals surface area contributed by atoms with Crippen molar-refractivity contribution in [3.8, 4) is 23.0 Å². The summed E-state index contributed by atoms with van der Waals surface area (Å²) in [5.74, 6) is 0.386. The topological polar surface area (TPSA) is 41.6 Å². The zero-order valence-electron chi connectivity index (χ0n) is 12.2. The van der Waals surface area contributed by atoms with Gasteiger partial charge in [0.25, 0.3) is 0 Å². The molecule has 1 aromatic heterocycles. The van der Waals surface area contributed by atoms with E-state index in [4.69, 9.17) is 5.26 Å². The van der Waals surface area contributed by atoms with Gasteiger partial charge in [-0.15, -0.1) is 0 Å². The van der Waals surface area contributed by atoms with E-state index in [1.165, 1.54) is 17.3 Å². The molecule has 0 unspecified atom stereocenters. The van der Waals surface area contributed by atoms with Crippen molar-refractivity contribution in [1.29, 1.82) is 5.26 Å². The number of hydrogen-bond donors (Lipinski definition) is 0. The lowest BCUT2D eigenvalue weighted by molar-refractivity contribution is 0.902. The molecule has 4 heteroatoms. The standard InChI is InChI=1S/C18H15N3S/c1-14-7-9-15(10-8-14)17-13-20-18(22-12-11-19)21(17)16-5-3-2-4-6-16/h2-10,13H,12H2,1H3. The molecule has 0 saturated heterocycles. The van der Waals surface area contributed by atoms with Crippen LogP contribution in [0.5, 0.6) is 0 Å². The van der Waals surface area contributed by atoms with Crippen LogP contribution >= 0.6 is 11.8 Å². The van der Waals surface area contributed by atoms with Crippen LogP contribution < -0.4 is 0 Å². The lowest BCUT2D eigenvalue weighted by Gasteiger charge is -2.11. The molecule has 0 aliphatic carbocycles. The van der Waals surface area contributed by atoms with Crippen molar-refractivity contribution in [2.75, 3.05) is 5.75 Å². The Morgan fingerprint density at radius 3 is 2.50 bits per heavy atom. The minimum Gasteiger partial charge on any atom is -0.287 e. The Labute approximate surface area is 134 Å². The summed E-state index contributed by atoms with van der Waals surface area (Å²) in [5, 5.41) is 9.67. The second kappa shape index (κ2) is 6.50. The van der Waals surface area contributed by atoms with Crippen LogP contribution in [-0.2, 0) is 0 Å². The molecular formula is C18H15N3S. The number of rotatable bonds is 4. The minimum absolute atomic E-state index is 0.386. The Morgan fingerprint density at radius 1 is 1.09 bits per heavy atom. The third-order valence-corrected chi connectivity index (χ3v) is 4.18. The third kappa shape index (κ3) is 2.90. The maximum Gasteiger partial charge on any atom is 0.174 e. The first-order valence-corrected chi connectivity index (χ1v) is 7.98. The second-order valence-corrected chi connectivity index (χ2v) is 5.85. The van der Waals surface area contributed by atoms with E-state index >= 15 is 0 Å². The molecule has 22 heavy (non-hydrogen) atoms. The number of aryl methyl sites for hydroxylation is 1. The first kappa shape index (κ1) is 14.4. The van der Waals surface area contributed by atoms with Crippen LogP contribution in [0, 0.1) is 18.3 Å². The normalized spacial score (nSPS) is 10.4. The number of para-hydroxylation sites is 1. The van der Waals surface area contributed by atoms with Crippen molar-refractivity contribution in [3.63, 3.8) is 0 Å². The summed E-state index contributed by atoms with van der Waals surface area (Å²) in [4.78, 5) is 4.50. The predicted octanol–water partition coefficient (Wildman–Crippen LogP) is 4.46. The maximum absolute atomic E-state index is 8.84. The molecule has 0 aliphatic rings. The number of hydrogen-bond acceptors (Lipinski definition) is 3. The van der Waals surface area contributed by atoms with E-state index in [1.807, 2.05) is 24.4 Å². The van der Waals surface area contributed by atoms with Gasteiger partial charge < -0.3 is 0 Å². The molecule has 0 fully saturated rings. The fourth-order valence-corrected chi connectivity index (χ4v) is 2.94. The molecule has 108 valence electrons. The smallest absolute Gasteiger partial charge is 0.174 e. The van der Waals surface area contributed by atoms with Gasteiger partial charge in [-0.2, -0.15) is 5.26 Å². The second-order valence-electron chi connectivity index (χ2n) is 4.91. The van der Waals surface area contributed by atoms with Gasteiger partial charge in [0.05, 0.1) is 23.7 Å². The van der Waals surface area contributed by atoms with Crippen LogP contribution in [0.25, 0.3) is 16.9 Å². The van der Waals surface area contributed by atoms with E-state index in [1.54, 1.807) is 0 Å². The molecule has 0 amide bonds. The molecule has 3 nitrogen and oxygen atoms in total. The fourth-order valence-electron chi connectivity index (χ4n) is 2.29. The van der Waals surface area contributed by atoms with E-state index in [-0.39, 0.29) is 0 Å². The quantitative estimate of drug-likeness (QED) is 0.668. The fraction of sp³-hybridized carbons (Fsp3) is 0.111. The van der Waals surface area contributed by atoms with Gasteiger partial charge in [-0.1, -0.05) is 59.8 Å². The van der Waals surface area contributed by atoms with Crippen LogP contribution in [0.1, 0.15) is 5.56 Å². The summed E-state index contributed by atoms with van der Waals surface area (Å²) in [6.45, 7) is 2.08. The number of nitriles is 1. The summed E-state index contributed by atoms with van der Waals surface area (Å²) in [6.07, 6.45) is 1.87. The number of thioether (sulfide) groups is 1. The monoisotopic (exact) mass is 305 g/mol. The van der Waals surface area contributed by atoms with E-state index in [9.17, 15) is 0 Å². The molecule has 0 spiro atoms. The van der Waals surface area contributed by atoms with E-state index in [2.05, 4.69) is 58.9 Å². The van der Waals surface area contributed by atoms with Gasteiger partial charge in [0.1, 0.15) is 0 Å². The van der Waals surface area contributed by atoms with Crippen LogP contribution in [0.3, 0.4) is 0 Å². The maximum atomic E-state index is 8.84. The lowest BCUT2D eigenvalue weighted by Crippen LogP contribution is -1.99. The third-order valence-electron chi connectivity index (χ3n) is 3.36. The first-order valence-electron chi connectivity index (χ1n) is 6.99. The molecule has 0 aliphatic heterocycles. The number of nitrogens with zero attached hydrogens (tertiary/aromatic N) is 3. The Hall–Kier alpha value is -2.51. The van der Waals surface area contributed by atoms with E-state index in [0.29, 0.717) is 5.75 Å². The van der Waals surface area contributed by atoms with Gasteiger partial charge in [0.2, 0.25) is 0 Å². The Balaban J connectivity index is 2.12. The summed E-state index contributed by atoms with van der Waals surface area (Å²) in [6, 6.07) is 20.7. The molecule has 2 aromatic carbocycles. The number of benzene rings is 2. The zero-order chi connectivity index (χ0) is 15.4. The largest absolute Gasteiger partial charge is 0.287 e. The molecule has 0 atom stereocenters. The molecule has 0 radical (unpaired) electrons. The highest BCUT2D eigenvalue weighted by atomic mass is 32.2. The highest BCUT2D eigenvalue weighted by Crippen LogP contribution is 2.29. The van der Waals surface area contributed by atoms with Crippen molar-refractivity contribution >= 4 is 11.8 Å². The number of imidazole rings is 1. The summed E-state index contributed by atoms with van der Waals surface area (Å²) >= 11 is 1.45. The van der Waals surface area contributed by atoms with Crippen molar-refractivity contribution in [3.05, 3.63) is 66.4 Å². The summed E-state index contributed by atoms with van der Waals surface area (Å²) in [7, 11) is 0. The Morgan fingerprint density at radius 2 is 1.82 bits per heavy atom. The van der Waals surface area contributed by atoms with Crippen LogP contribution in [0.2, 0.25) is 0 Å². The average molecular weight is 305 g/mol. The van der Waals surface area contributed by atoms with E-state index in [0.717, 1.165) is 22.1 Å². The molecule has 0 bridgehead atoms. The Kier molecular flexibility index (Phi) is 4.27. The molecule has 0 N–H and O–H groups in total. The summed E-state index contributed by atoms with van der Waals surface area (Å²) in [5.41, 5.74) is 4.43. The molecule has 3 rings (SSSR count). The van der Waals surface area contributed by atoms with Crippen LogP contribution in [0.4, 0.5) is 0 Å². The van der Waals surface area contributed by atoms with Crippen molar-refractivity contribution in [2.45, 2.75) is 12.1 Å². The minimum atomic E-state index is 0.386. The Bertz CT molecular complexity index is 799. The SMILES string of the molecule is Cc1ccc(-c2cnc(SCC#N)n2-c2ccccc2)cc1. The molecule has 1 heterocycles.